The van der Waals surface area contributed by atoms with Gasteiger partial charge in [-0.3, -0.25) is 4.79 Å². The predicted molar refractivity (Wildman–Crippen MR) is 67.0 cm³/mol. The summed E-state index contributed by atoms with van der Waals surface area (Å²) in [5, 5.41) is 12.3. The fraction of sp³-hybridized carbons (Fsp3) is 0.500. The molecule has 1 aliphatic carbocycles. The van der Waals surface area contributed by atoms with Crippen molar-refractivity contribution in [2.75, 3.05) is 6.54 Å². The Bertz CT molecular complexity index is 428. The number of nitrogens with one attached hydrogen (secondary N) is 1. The zero-order chi connectivity index (χ0) is 13.0. The Morgan fingerprint density at radius 1 is 1.33 bits per heavy atom. The Morgan fingerprint density at radius 2 is 2.06 bits per heavy atom. The molecule has 0 aromatic heterocycles. The summed E-state index contributed by atoms with van der Waals surface area (Å²) in [4.78, 5) is 11.8. The van der Waals surface area contributed by atoms with Crippen molar-refractivity contribution in [3.8, 4) is 5.75 Å². The zero-order valence-electron chi connectivity index (χ0n) is 10.3. The van der Waals surface area contributed by atoms with E-state index in [9.17, 15) is 14.3 Å². The highest BCUT2D eigenvalue weighted by Gasteiger charge is 2.16. The zero-order valence-corrected chi connectivity index (χ0v) is 10.3. The van der Waals surface area contributed by atoms with Gasteiger partial charge in [-0.2, -0.15) is 0 Å². The number of aromatic hydroxyl groups is 1. The Morgan fingerprint density at radius 3 is 2.72 bits per heavy atom. The van der Waals surface area contributed by atoms with E-state index in [-0.39, 0.29) is 17.2 Å². The average Bonchev–Trinajstić information content (AvgIpc) is 2.37. The Balaban J connectivity index is 1.90. The Hall–Kier alpha value is -1.58. The third kappa shape index (κ3) is 3.22. The number of hydrogen-bond acceptors (Lipinski definition) is 2. The van der Waals surface area contributed by atoms with Gasteiger partial charge in [-0.1, -0.05) is 19.3 Å². The van der Waals surface area contributed by atoms with Crippen LogP contribution in [-0.2, 0) is 0 Å². The first-order valence-corrected chi connectivity index (χ1v) is 6.43. The number of phenolic OH excluding ortho intramolecular Hbond substituents is 1. The number of carbonyl (C=O) groups excluding carboxylic acids is 1. The highest BCUT2D eigenvalue weighted by atomic mass is 19.1. The van der Waals surface area contributed by atoms with E-state index >= 15 is 0 Å². The van der Waals surface area contributed by atoms with Crippen LogP contribution in [0.4, 0.5) is 4.39 Å². The smallest absolute Gasteiger partial charge is 0.255 e. The molecule has 0 saturated heterocycles. The van der Waals surface area contributed by atoms with Crippen LogP contribution in [0.3, 0.4) is 0 Å². The van der Waals surface area contributed by atoms with Crippen LogP contribution in [0.15, 0.2) is 18.2 Å². The second kappa shape index (κ2) is 5.85. The summed E-state index contributed by atoms with van der Waals surface area (Å²) < 4.78 is 12.8. The first-order chi connectivity index (χ1) is 8.66. The standard InChI is InChI=1S/C14H18FNO2/c15-11-6-7-12(13(17)8-11)14(18)16-9-10-4-2-1-3-5-10/h6-8,10,17H,1-5,9H2,(H,16,18). The summed E-state index contributed by atoms with van der Waals surface area (Å²) >= 11 is 0. The second-order valence-electron chi connectivity index (χ2n) is 4.88. The fourth-order valence-electron chi connectivity index (χ4n) is 2.42. The van der Waals surface area contributed by atoms with E-state index in [2.05, 4.69) is 5.32 Å². The van der Waals surface area contributed by atoms with E-state index in [1.165, 1.54) is 31.4 Å². The summed E-state index contributed by atoms with van der Waals surface area (Å²) in [5.74, 6) is -0.657. The second-order valence-corrected chi connectivity index (χ2v) is 4.88. The monoisotopic (exact) mass is 251 g/mol. The molecule has 2 rings (SSSR count). The molecule has 0 unspecified atom stereocenters. The van der Waals surface area contributed by atoms with Crippen molar-refractivity contribution in [2.24, 2.45) is 5.92 Å². The van der Waals surface area contributed by atoms with Crippen LogP contribution in [0, 0.1) is 11.7 Å². The van der Waals surface area contributed by atoms with Crippen molar-refractivity contribution >= 4 is 5.91 Å². The van der Waals surface area contributed by atoms with Gasteiger partial charge in [0.15, 0.2) is 0 Å². The fourth-order valence-corrected chi connectivity index (χ4v) is 2.42. The number of amides is 1. The molecule has 0 atom stereocenters. The van der Waals surface area contributed by atoms with Crippen molar-refractivity contribution in [1.29, 1.82) is 0 Å². The van der Waals surface area contributed by atoms with Gasteiger partial charge in [-0.05, 0) is 30.9 Å². The van der Waals surface area contributed by atoms with Crippen LogP contribution >= 0.6 is 0 Å². The van der Waals surface area contributed by atoms with Crippen molar-refractivity contribution in [3.63, 3.8) is 0 Å². The number of phenols is 1. The average molecular weight is 251 g/mol. The molecule has 1 saturated carbocycles. The van der Waals surface area contributed by atoms with Gasteiger partial charge in [0.2, 0.25) is 0 Å². The summed E-state index contributed by atoms with van der Waals surface area (Å²) in [6.07, 6.45) is 6.03. The largest absolute Gasteiger partial charge is 0.507 e. The first kappa shape index (κ1) is 12.9. The molecule has 1 aromatic rings. The van der Waals surface area contributed by atoms with Crippen LogP contribution < -0.4 is 5.32 Å². The molecule has 0 spiro atoms. The van der Waals surface area contributed by atoms with E-state index in [1.807, 2.05) is 0 Å². The normalized spacial score (nSPS) is 16.5. The Kier molecular flexibility index (Phi) is 4.18. The number of halogens is 1. The van der Waals surface area contributed by atoms with E-state index < -0.39 is 5.82 Å². The molecule has 0 radical (unpaired) electrons. The van der Waals surface area contributed by atoms with Gasteiger partial charge in [0.25, 0.3) is 5.91 Å². The third-order valence-electron chi connectivity index (χ3n) is 3.48. The minimum absolute atomic E-state index is 0.132. The third-order valence-corrected chi connectivity index (χ3v) is 3.48. The molecule has 0 bridgehead atoms. The van der Waals surface area contributed by atoms with E-state index in [4.69, 9.17) is 0 Å². The molecular formula is C14H18FNO2. The topological polar surface area (TPSA) is 49.3 Å². The SMILES string of the molecule is O=C(NCC1CCCCC1)c1ccc(F)cc1O. The maximum atomic E-state index is 12.8. The molecule has 1 amide bonds. The highest BCUT2D eigenvalue weighted by molar-refractivity contribution is 5.96. The van der Waals surface area contributed by atoms with Crippen LogP contribution in [0.2, 0.25) is 0 Å². The van der Waals surface area contributed by atoms with Crippen molar-refractivity contribution in [1.82, 2.24) is 5.32 Å². The van der Waals surface area contributed by atoms with Crippen molar-refractivity contribution in [2.45, 2.75) is 32.1 Å². The van der Waals surface area contributed by atoms with E-state index in [1.54, 1.807) is 0 Å². The number of hydrogen-bond donors (Lipinski definition) is 2. The Labute approximate surface area is 106 Å². The van der Waals surface area contributed by atoms with E-state index in [0.717, 1.165) is 18.9 Å². The highest BCUT2D eigenvalue weighted by Crippen LogP contribution is 2.23. The number of carbonyl (C=O) groups is 1. The van der Waals surface area contributed by atoms with E-state index in [0.29, 0.717) is 12.5 Å². The molecule has 4 heteroatoms. The number of benzene rings is 1. The van der Waals surface area contributed by atoms with Crippen LogP contribution in [0.5, 0.6) is 5.75 Å². The summed E-state index contributed by atoms with van der Waals surface area (Å²) in [6, 6.07) is 3.44. The van der Waals surface area contributed by atoms with Crippen LogP contribution in [0.25, 0.3) is 0 Å². The summed E-state index contributed by atoms with van der Waals surface area (Å²) in [6.45, 7) is 0.635. The molecule has 18 heavy (non-hydrogen) atoms. The maximum Gasteiger partial charge on any atom is 0.255 e. The predicted octanol–water partition coefficient (Wildman–Crippen LogP) is 2.84. The van der Waals surface area contributed by atoms with Crippen LogP contribution in [-0.4, -0.2) is 17.6 Å². The minimum Gasteiger partial charge on any atom is -0.507 e. The molecule has 1 aromatic carbocycles. The lowest BCUT2D eigenvalue weighted by Crippen LogP contribution is -2.30. The molecule has 1 aliphatic rings. The molecule has 98 valence electrons. The number of rotatable bonds is 3. The minimum atomic E-state index is -0.545. The van der Waals surface area contributed by atoms with Gasteiger partial charge >= 0.3 is 0 Å². The molecule has 0 heterocycles. The molecule has 2 N–H and O–H groups in total. The van der Waals surface area contributed by atoms with Crippen molar-refractivity contribution < 1.29 is 14.3 Å². The summed E-state index contributed by atoms with van der Waals surface area (Å²) in [5.41, 5.74) is 0.132. The lowest BCUT2D eigenvalue weighted by atomic mass is 9.89. The van der Waals surface area contributed by atoms with Gasteiger partial charge in [0.05, 0.1) is 5.56 Å². The van der Waals surface area contributed by atoms with Crippen LogP contribution in [0.1, 0.15) is 42.5 Å². The van der Waals surface area contributed by atoms with Gasteiger partial charge in [0, 0.05) is 12.6 Å². The van der Waals surface area contributed by atoms with Crippen molar-refractivity contribution in [3.05, 3.63) is 29.6 Å². The van der Waals surface area contributed by atoms with Gasteiger partial charge < -0.3 is 10.4 Å². The molecule has 1 fully saturated rings. The van der Waals surface area contributed by atoms with Gasteiger partial charge in [-0.15, -0.1) is 0 Å². The van der Waals surface area contributed by atoms with Gasteiger partial charge in [0.1, 0.15) is 11.6 Å². The molecule has 3 nitrogen and oxygen atoms in total. The lowest BCUT2D eigenvalue weighted by molar-refractivity contribution is 0.0941. The maximum absolute atomic E-state index is 12.8. The first-order valence-electron chi connectivity index (χ1n) is 6.43. The quantitative estimate of drug-likeness (QED) is 0.867. The molecule has 0 aliphatic heterocycles. The molecular weight excluding hydrogens is 233 g/mol. The lowest BCUT2D eigenvalue weighted by Gasteiger charge is -2.21. The summed E-state index contributed by atoms with van der Waals surface area (Å²) in [7, 11) is 0. The van der Waals surface area contributed by atoms with Gasteiger partial charge in [-0.25, -0.2) is 4.39 Å².